The summed E-state index contributed by atoms with van der Waals surface area (Å²) in [7, 11) is 1.96. The van der Waals surface area contributed by atoms with E-state index in [4.69, 9.17) is 0 Å². The summed E-state index contributed by atoms with van der Waals surface area (Å²) in [4.78, 5) is 16.9. The van der Waals surface area contributed by atoms with Crippen molar-refractivity contribution >= 4 is 5.91 Å². The third kappa shape index (κ3) is 4.09. The molecule has 2 heterocycles. The Morgan fingerprint density at radius 3 is 2.32 bits per heavy atom. The lowest BCUT2D eigenvalue weighted by Gasteiger charge is -2.35. The highest BCUT2D eigenvalue weighted by atomic mass is 16.2. The van der Waals surface area contributed by atoms with Crippen molar-refractivity contribution in [3.63, 3.8) is 0 Å². The largest absolute Gasteiger partial charge is 0.340 e. The van der Waals surface area contributed by atoms with Gasteiger partial charge in [-0.1, -0.05) is 13.8 Å². The zero-order chi connectivity index (χ0) is 16.3. The van der Waals surface area contributed by atoms with Gasteiger partial charge in [-0.2, -0.15) is 5.10 Å². The average molecular weight is 306 g/mol. The molecule has 1 aromatic heterocycles. The number of carbonyl (C=O) groups is 1. The molecule has 1 aliphatic rings. The predicted octanol–water partition coefficient (Wildman–Crippen LogP) is 1.77. The number of amides is 1. The van der Waals surface area contributed by atoms with E-state index >= 15 is 0 Å². The van der Waals surface area contributed by atoms with Gasteiger partial charge >= 0.3 is 0 Å². The van der Waals surface area contributed by atoms with Crippen LogP contribution in [0.1, 0.15) is 37.2 Å². The first-order valence-electron chi connectivity index (χ1n) is 8.37. The van der Waals surface area contributed by atoms with Crippen molar-refractivity contribution in [1.29, 1.82) is 0 Å². The highest BCUT2D eigenvalue weighted by Gasteiger charge is 2.21. The Hall–Kier alpha value is -1.36. The van der Waals surface area contributed by atoms with Crippen LogP contribution in [0.2, 0.25) is 0 Å². The zero-order valence-electron chi connectivity index (χ0n) is 14.7. The second-order valence-electron chi connectivity index (χ2n) is 6.85. The van der Waals surface area contributed by atoms with Gasteiger partial charge < -0.3 is 4.90 Å². The zero-order valence-corrected chi connectivity index (χ0v) is 14.7. The predicted molar refractivity (Wildman–Crippen MR) is 88.9 cm³/mol. The highest BCUT2D eigenvalue weighted by molar-refractivity contribution is 5.76. The minimum absolute atomic E-state index is 0.284. The Balaban J connectivity index is 1.81. The van der Waals surface area contributed by atoms with E-state index in [1.165, 1.54) is 11.3 Å². The maximum Gasteiger partial charge on any atom is 0.222 e. The Kier molecular flexibility index (Phi) is 5.62. The van der Waals surface area contributed by atoms with Crippen LogP contribution in [0.5, 0.6) is 0 Å². The molecule has 0 unspecified atom stereocenters. The summed E-state index contributed by atoms with van der Waals surface area (Å²) in [6, 6.07) is 0. The molecule has 22 heavy (non-hydrogen) atoms. The molecule has 0 radical (unpaired) electrons. The standard InChI is InChI=1S/C17H30N4O/c1-13(2)12-20-8-10-21(11-9-20)17(22)7-6-16-14(3)18-19(5)15(16)4/h13H,6-12H2,1-5H3. The molecule has 124 valence electrons. The second-order valence-corrected chi connectivity index (χ2v) is 6.85. The lowest BCUT2D eigenvalue weighted by atomic mass is 10.1. The van der Waals surface area contributed by atoms with Gasteiger partial charge in [-0.25, -0.2) is 0 Å². The van der Waals surface area contributed by atoms with Gasteiger partial charge in [-0.15, -0.1) is 0 Å². The van der Waals surface area contributed by atoms with E-state index < -0.39 is 0 Å². The third-order valence-electron chi connectivity index (χ3n) is 4.60. The molecule has 0 aromatic carbocycles. The molecule has 0 atom stereocenters. The number of rotatable bonds is 5. The van der Waals surface area contributed by atoms with Crippen LogP contribution in [0.4, 0.5) is 0 Å². The molecular formula is C17H30N4O. The van der Waals surface area contributed by atoms with Gasteiger partial charge in [-0.05, 0) is 31.7 Å². The van der Waals surface area contributed by atoms with E-state index in [9.17, 15) is 4.79 Å². The minimum atomic E-state index is 0.284. The molecule has 0 N–H and O–H groups in total. The fraction of sp³-hybridized carbons (Fsp3) is 0.765. The first-order valence-corrected chi connectivity index (χ1v) is 8.37. The van der Waals surface area contributed by atoms with Crippen LogP contribution in [-0.4, -0.2) is 58.2 Å². The molecule has 0 saturated carbocycles. The molecule has 5 nitrogen and oxygen atoms in total. The lowest BCUT2D eigenvalue weighted by molar-refractivity contribution is -0.132. The number of carbonyl (C=O) groups excluding carboxylic acids is 1. The summed E-state index contributed by atoms with van der Waals surface area (Å²) in [5.74, 6) is 0.977. The van der Waals surface area contributed by atoms with E-state index in [2.05, 4.69) is 30.8 Å². The van der Waals surface area contributed by atoms with Crippen molar-refractivity contribution in [2.45, 2.75) is 40.5 Å². The summed E-state index contributed by atoms with van der Waals surface area (Å²) in [6.45, 7) is 13.5. The van der Waals surface area contributed by atoms with Crippen LogP contribution in [0.25, 0.3) is 0 Å². The molecule has 1 saturated heterocycles. The molecule has 0 bridgehead atoms. The van der Waals surface area contributed by atoms with Crippen molar-refractivity contribution in [2.24, 2.45) is 13.0 Å². The van der Waals surface area contributed by atoms with E-state index in [-0.39, 0.29) is 5.91 Å². The number of hydrogen-bond donors (Lipinski definition) is 0. The summed E-state index contributed by atoms with van der Waals surface area (Å²) < 4.78 is 1.90. The molecular weight excluding hydrogens is 276 g/mol. The van der Waals surface area contributed by atoms with E-state index in [1.807, 2.05) is 23.6 Å². The maximum atomic E-state index is 12.4. The molecule has 1 aromatic rings. The minimum Gasteiger partial charge on any atom is -0.340 e. The van der Waals surface area contributed by atoms with Gasteiger partial charge in [0.25, 0.3) is 0 Å². The monoisotopic (exact) mass is 306 g/mol. The second kappa shape index (κ2) is 7.27. The van der Waals surface area contributed by atoms with Crippen LogP contribution < -0.4 is 0 Å². The van der Waals surface area contributed by atoms with Crippen molar-refractivity contribution in [2.75, 3.05) is 32.7 Å². The number of aromatic nitrogens is 2. The molecule has 0 aliphatic carbocycles. The Labute approximate surface area is 134 Å². The van der Waals surface area contributed by atoms with Crippen molar-refractivity contribution < 1.29 is 4.79 Å². The van der Waals surface area contributed by atoms with Crippen molar-refractivity contribution in [1.82, 2.24) is 19.6 Å². The molecule has 5 heteroatoms. The maximum absolute atomic E-state index is 12.4. The average Bonchev–Trinajstić information content (AvgIpc) is 2.70. The van der Waals surface area contributed by atoms with Crippen molar-refractivity contribution in [3.8, 4) is 0 Å². The van der Waals surface area contributed by atoms with E-state index in [1.54, 1.807) is 0 Å². The normalized spacial score (nSPS) is 16.5. The number of nitrogens with zero attached hydrogens (tertiary/aromatic N) is 4. The van der Waals surface area contributed by atoms with E-state index in [0.29, 0.717) is 12.3 Å². The lowest BCUT2D eigenvalue weighted by Crippen LogP contribution is -2.49. The van der Waals surface area contributed by atoms with Gasteiger partial charge in [0.15, 0.2) is 0 Å². The van der Waals surface area contributed by atoms with Crippen LogP contribution in [0.15, 0.2) is 0 Å². The smallest absolute Gasteiger partial charge is 0.222 e. The SMILES string of the molecule is Cc1nn(C)c(C)c1CCC(=O)N1CCN(CC(C)C)CC1. The van der Waals surface area contributed by atoms with Gasteiger partial charge in [0.05, 0.1) is 5.69 Å². The number of hydrogen-bond acceptors (Lipinski definition) is 3. The molecule has 1 amide bonds. The van der Waals surface area contributed by atoms with Crippen LogP contribution in [-0.2, 0) is 18.3 Å². The van der Waals surface area contributed by atoms with Crippen LogP contribution in [0.3, 0.4) is 0 Å². The Morgan fingerprint density at radius 1 is 1.18 bits per heavy atom. The quantitative estimate of drug-likeness (QED) is 0.832. The van der Waals surface area contributed by atoms with Gasteiger partial charge in [-0.3, -0.25) is 14.4 Å². The summed E-state index contributed by atoms with van der Waals surface area (Å²) in [5.41, 5.74) is 3.45. The Morgan fingerprint density at radius 2 is 1.82 bits per heavy atom. The fourth-order valence-corrected chi connectivity index (χ4v) is 3.27. The van der Waals surface area contributed by atoms with Crippen LogP contribution >= 0.6 is 0 Å². The molecule has 1 aliphatic heterocycles. The van der Waals surface area contributed by atoms with Crippen molar-refractivity contribution in [3.05, 3.63) is 17.0 Å². The van der Waals surface area contributed by atoms with Gasteiger partial charge in [0.2, 0.25) is 5.91 Å². The summed E-state index contributed by atoms with van der Waals surface area (Å²) in [5, 5.41) is 4.42. The van der Waals surface area contributed by atoms with E-state index in [0.717, 1.165) is 44.8 Å². The third-order valence-corrected chi connectivity index (χ3v) is 4.60. The highest BCUT2D eigenvalue weighted by Crippen LogP contribution is 2.15. The molecule has 1 fully saturated rings. The van der Waals surface area contributed by atoms with Gasteiger partial charge in [0, 0.05) is 51.9 Å². The fourth-order valence-electron chi connectivity index (χ4n) is 3.27. The topological polar surface area (TPSA) is 41.4 Å². The Bertz CT molecular complexity index is 513. The molecule has 2 rings (SSSR count). The first kappa shape index (κ1) is 17.0. The first-order chi connectivity index (χ1) is 10.4. The number of aryl methyl sites for hydroxylation is 2. The van der Waals surface area contributed by atoms with Gasteiger partial charge in [0.1, 0.15) is 0 Å². The van der Waals surface area contributed by atoms with Crippen LogP contribution in [0, 0.1) is 19.8 Å². The molecule has 0 spiro atoms. The summed E-state index contributed by atoms with van der Waals surface area (Å²) in [6.07, 6.45) is 1.40. The summed E-state index contributed by atoms with van der Waals surface area (Å²) >= 11 is 0. The number of piperazine rings is 1.